The second-order valence-electron chi connectivity index (χ2n) is 10.7. The molecule has 0 saturated carbocycles. The first kappa shape index (κ1) is 21.7. The quantitative estimate of drug-likeness (QED) is 0.389. The van der Waals surface area contributed by atoms with Gasteiger partial charge in [-0.15, -0.1) is 0 Å². The van der Waals surface area contributed by atoms with Crippen molar-refractivity contribution in [1.29, 1.82) is 0 Å². The minimum Gasteiger partial charge on any atom is -0.0801 e. The topological polar surface area (TPSA) is 0 Å². The molecule has 3 aromatic rings. The van der Waals surface area contributed by atoms with Gasteiger partial charge in [-0.25, -0.2) is 0 Å². The molecule has 0 atom stereocenters. The summed E-state index contributed by atoms with van der Waals surface area (Å²) < 4.78 is 0. The van der Waals surface area contributed by atoms with Crippen molar-refractivity contribution >= 4 is 6.08 Å². The van der Waals surface area contributed by atoms with E-state index in [-0.39, 0.29) is 10.8 Å². The molecule has 0 nitrogen and oxygen atoms in total. The molecule has 0 amide bonds. The number of benzene rings is 3. The van der Waals surface area contributed by atoms with Crippen LogP contribution in [0.3, 0.4) is 0 Å². The zero-order valence-corrected chi connectivity index (χ0v) is 20.8. The van der Waals surface area contributed by atoms with Gasteiger partial charge in [0.1, 0.15) is 0 Å². The van der Waals surface area contributed by atoms with E-state index in [1.807, 2.05) is 0 Å². The number of aryl methyl sites for hydroxylation is 1. The average Bonchev–Trinajstić information content (AvgIpc) is 3.02. The lowest BCUT2D eigenvalue weighted by Crippen LogP contribution is -2.22. The predicted octanol–water partition coefficient (Wildman–Crippen LogP) is 8.84. The van der Waals surface area contributed by atoms with Gasteiger partial charge in [0, 0.05) is 10.8 Å². The lowest BCUT2D eigenvalue weighted by Gasteiger charge is -2.31. The molecule has 166 valence electrons. The summed E-state index contributed by atoms with van der Waals surface area (Å²) >= 11 is 0. The van der Waals surface area contributed by atoms with Gasteiger partial charge in [-0.1, -0.05) is 113 Å². The number of allylic oxidation sites excluding steroid dienone is 5. The Morgan fingerprint density at radius 1 is 0.848 bits per heavy atom. The van der Waals surface area contributed by atoms with Crippen LogP contribution in [0.25, 0.3) is 17.2 Å². The Kier molecular flexibility index (Phi) is 5.09. The minimum absolute atomic E-state index is 0.00239. The van der Waals surface area contributed by atoms with E-state index in [2.05, 4.69) is 127 Å². The summed E-state index contributed by atoms with van der Waals surface area (Å²) in [5, 5.41) is 0. The molecular weight excluding hydrogens is 396 g/mol. The smallest absolute Gasteiger partial charge is 0.0159 e. The van der Waals surface area contributed by atoms with E-state index in [9.17, 15) is 0 Å². The molecule has 0 N–H and O–H groups in total. The fraction of sp³-hybridized carbons (Fsp3) is 0.273. The summed E-state index contributed by atoms with van der Waals surface area (Å²) in [7, 11) is 0. The van der Waals surface area contributed by atoms with Gasteiger partial charge in [0.25, 0.3) is 0 Å². The number of rotatable bonds is 3. The van der Waals surface area contributed by atoms with Crippen molar-refractivity contribution in [1.82, 2.24) is 0 Å². The van der Waals surface area contributed by atoms with E-state index in [0.717, 1.165) is 6.42 Å². The number of hydrogen-bond acceptors (Lipinski definition) is 0. The standard InChI is InChI=1S/C33H34/c1-22-12-10-11-15-27(22)32(3,4)28-18-19-29-31(23(28)2)26-17-16-25(21-30(26)33(29,5)6)20-24-13-8-7-9-14-24/h7-13,15-21H,14H2,1-6H3/b24-20+. The van der Waals surface area contributed by atoms with E-state index < -0.39 is 0 Å². The van der Waals surface area contributed by atoms with Crippen LogP contribution >= 0.6 is 0 Å². The minimum atomic E-state index is -0.0530. The van der Waals surface area contributed by atoms with Crippen LogP contribution in [0.15, 0.2) is 84.5 Å². The molecule has 0 bridgehead atoms. The monoisotopic (exact) mass is 430 g/mol. The molecule has 33 heavy (non-hydrogen) atoms. The fourth-order valence-corrected chi connectivity index (χ4v) is 6.06. The van der Waals surface area contributed by atoms with E-state index in [0.29, 0.717) is 0 Å². The molecule has 0 radical (unpaired) electrons. The average molecular weight is 431 g/mol. The molecule has 2 aliphatic rings. The molecule has 5 rings (SSSR count). The van der Waals surface area contributed by atoms with Crippen molar-refractivity contribution in [3.63, 3.8) is 0 Å². The van der Waals surface area contributed by atoms with Crippen LogP contribution in [0.1, 0.15) is 73.1 Å². The third-order valence-electron chi connectivity index (χ3n) is 7.88. The zero-order valence-electron chi connectivity index (χ0n) is 20.8. The Morgan fingerprint density at radius 3 is 2.36 bits per heavy atom. The highest BCUT2D eigenvalue weighted by molar-refractivity contribution is 5.85. The molecule has 2 aliphatic carbocycles. The van der Waals surface area contributed by atoms with Crippen molar-refractivity contribution in [3.8, 4) is 11.1 Å². The maximum Gasteiger partial charge on any atom is 0.0159 e. The molecule has 0 heterocycles. The van der Waals surface area contributed by atoms with E-state index in [1.54, 1.807) is 0 Å². The van der Waals surface area contributed by atoms with Gasteiger partial charge < -0.3 is 0 Å². The van der Waals surface area contributed by atoms with Crippen LogP contribution in [0.2, 0.25) is 0 Å². The third-order valence-corrected chi connectivity index (χ3v) is 7.88. The number of hydrogen-bond donors (Lipinski definition) is 0. The van der Waals surface area contributed by atoms with Gasteiger partial charge in [0.05, 0.1) is 0 Å². The normalized spacial score (nSPS) is 17.3. The summed E-state index contributed by atoms with van der Waals surface area (Å²) in [5.74, 6) is 0. The molecule has 0 heteroatoms. The van der Waals surface area contributed by atoms with Crippen molar-refractivity contribution in [2.24, 2.45) is 0 Å². The van der Waals surface area contributed by atoms with E-state index >= 15 is 0 Å². The highest BCUT2D eigenvalue weighted by Gasteiger charge is 2.38. The van der Waals surface area contributed by atoms with Gasteiger partial charge in [-0.2, -0.15) is 0 Å². The third kappa shape index (κ3) is 3.44. The van der Waals surface area contributed by atoms with Crippen molar-refractivity contribution < 1.29 is 0 Å². The van der Waals surface area contributed by atoms with E-state index in [4.69, 9.17) is 0 Å². The molecule has 0 aliphatic heterocycles. The maximum absolute atomic E-state index is 2.42. The first-order valence-electron chi connectivity index (χ1n) is 12.1. The summed E-state index contributed by atoms with van der Waals surface area (Å²) in [5.41, 5.74) is 13.9. The summed E-state index contributed by atoms with van der Waals surface area (Å²) in [6.45, 7) is 14.0. The largest absolute Gasteiger partial charge is 0.0801 e. The Labute approximate surface area is 199 Å². The zero-order chi connectivity index (χ0) is 23.4. The van der Waals surface area contributed by atoms with Crippen molar-refractivity contribution in [2.45, 2.75) is 58.8 Å². The van der Waals surface area contributed by atoms with Gasteiger partial charge in [0.15, 0.2) is 0 Å². The number of fused-ring (bicyclic) bond motifs is 3. The predicted molar refractivity (Wildman–Crippen MR) is 143 cm³/mol. The Bertz CT molecular complexity index is 1340. The summed E-state index contributed by atoms with van der Waals surface area (Å²) in [4.78, 5) is 0. The highest BCUT2D eigenvalue weighted by Crippen LogP contribution is 2.52. The molecule has 0 fully saturated rings. The Balaban J connectivity index is 1.65. The van der Waals surface area contributed by atoms with Gasteiger partial charge in [-0.05, 0) is 75.9 Å². The summed E-state index contributed by atoms with van der Waals surface area (Å²) in [6, 6.07) is 20.7. The Hall–Kier alpha value is -3.12. The molecule has 0 aromatic heterocycles. The second kappa shape index (κ2) is 7.73. The van der Waals surface area contributed by atoms with Gasteiger partial charge in [-0.3, -0.25) is 0 Å². The lowest BCUT2D eigenvalue weighted by molar-refractivity contribution is 0.627. The van der Waals surface area contributed by atoms with Crippen LogP contribution in [-0.4, -0.2) is 0 Å². The van der Waals surface area contributed by atoms with Gasteiger partial charge in [0.2, 0.25) is 0 Å². The second-order valence-corrected chi connectivity index (χ2v) is 10.7. The van der Waals surface area contributed by atoms with Crippen molar-refractivity contribution in [2.75, 3.05) is 0 Å². The molecule has 0 saturated heterocycles. The molecular formula is C33H34. The van der Waals surface area contributed by atoms with Crippen LogP contribution in [0.4, 0.5) is 0 Å². The Morgan fingerprint density at radius 2 is 1.64 bits per heavy atom. The van der Waals surface area contributed by atoms with Crippen LogP contribution in [0.5, 0.6) is 0 Å². The summed E-state index contributed by atoms with van der Waals surface area (Å²) in [6.07, 6.45) is 12.0. The first-order chi connectivity index (χ1) is 15.7. The van der Waals surface area contributed by atoms with E-state index in [1.165, 1.54) is 55.6 Å². The fourth-order valence-electron chi connectivity index (χ4n) is 6.06. The van der Waals surface area contributed by atoms with Crippen LogP contribution in [-0.2, 0) is 10.8 Å². The van der Waals surface area contributed by atoms with Gasteiger partial charge >= 0.3 is 0 Å². The molecule has 3 aromatic carbocycles. The highest BCUT2D eigenvalue weighted by atomic mass is 14.4. The van der Waals surface area contributed by atoms with Crippen molar-refractivity contribution in [3.05, 3.63) is 123 Å². The lowest BCUT2D eigenvalue weighted by atomic mass is 9.72. The SMILES string of the molecule is Cc1ccccc1C(C)(C)c1ccc2c(c1C)-c1ccc(/C=C3\C=CC=CC3)cc1C2(C)C. The van der Waals surface area contributed by atoms with Crippen LogP contribution in [0, 0.1) is 13.8 Å². The maximum atomic E-state index is 2.42. The molecule has 0 unspecified atom stereocenters. The molecule has 0 spiro atoms. The first-order valence-corrected chi connectivity index (χ1v) is 12.1. The van der Waals surface area contributed by atoms with Crippen LogP contribution < -0.4 is 0 Å².